The number of nitrogens with one attached hydrogen (secondary N) is 2. The van der Waals surface area contributed by atoms with E-state index in [2.05, 4.69) is 15.6 Å². The van der Waals surface area contributed by atoms with Crippen molar-refractivity contribution in [3.05, 3.63) is 12.2 Å². The monoisotopic (exact) mass is 750 g/mol. The third-order valence-corrected chi connectivity index (χ3v) is 9.81. The van der Waals surface area contributed by atoms with Crippen LogP contribution in [0.25, 0.3) is 0 Å². The highest BCUT2D eigenvalue weighted by atomic mass is 16.5. The van der Waals surface area contributed by atoms with Gasteiger partial charge in [-0.15, -0.1) is 0 Å². The number of carbonyl (C=O) groups excluding carboxylic acids is 6. The van der Waals surface area contributed by atoms with Crippen LogP contribution in [0.5, 0.6) is 0 Å². The maximum atomic E-state index is 13.9. The second kappa shape index (κ2) is 22.2. The summed E-state index contributed by atoms with van der Waals surface area (Å²) in [4.78, 5) is 88.7. The van der Waals surface area contributed by atoms with Gasteiger partial charge in [-0.1, -0.05) is 27.2 Å². The van der Waals surface area contributed by atoms with Gasteiger partial charge in [0.1, 0.15) is 6.54 Å². The normalized spacial score (nSPS) is 18.3. The number of hydrogen-bond acceptors (Lipinski definition) is 10. The summed E-state index contributed by atoms with van der Waals surface area (Å²) in [7, 11) is 12.2. The molecule has 2 N–H and O–H groups in total. The van der Waals surface area contributed by atoms with Crippen molar-refractivity contribution in [3.8, 4) is 0 Å². The van der Waals surface area contributed by atoms with Crippen molar-refractivity contribution in [2.24, 2.45) is 16.8 Å². The lowest BCUT2D eigenvalue weighted by Gasteiger charge is -2.39. The molecule has 6 unspecified atom stereocenters. The van der Waals surface area contributed by atoms with Gasteiger partial charge in [0, 0.05) is 74.7 Å². The summed E-state index contributed by atoms with van der Waals surface area (Å²) in [5.74, 6) is -1.90. The van der Waals surface area contributed by atoms with E-state index in [4.69, 9.17) is 14.2 Å². The fourth-order valence-corrected chi connectivity index (χ4v) is 6.82. The number of methoxy groups -OCH3 is 2. The second-order valence-electron chi connectivity index (χ2n) is 13.9. The van der Waals surface area contributed by atoms with Gasteiger partial charge in [0.2, 0.25) is 23.6 Å². The van der Waals surface area contributed by atoms with E-state index < -0.39 is 29.9 Å². The van der Waals surface area contributed by atoms with E-state index in [0.29, 0.717) is 18.9 Å². The molecule has 0 saturated carbocycles. The summed E-state index contributed by atoms with van der Waals surface area (Å²) >= 11 is 0. The topological polar surface area (TPSA) is 183 Å². The van der Waals surface area contributed by atoms with Gasteiger partial charge in [0.25, 0.3) is 11.8 Å². The van der Waals surface area contributed by atoms with E-state index in [-0.39, 0.29) is 87.4 Å². The number of rotatable bonds is 21. The fraction of sp³-hybridized carbons (Fsp3) is 0.750. The Kier molecular flexibility index (Phi) is 18.9. The number of likely N-dealkylation sites (N-methyl/N-ethyl adjacent to an activating group) is 1. The average Bonchev–Trinajstić information content (AvgIpc) is 3.73. The zero-order valence-electron chi connectivity index (χ0n) is 33.3. The highest BCUT2D eigenvalue weighted by molar-refractivity contribution is 6.12. The Bertz CT molecular complexity index is 1300. The SMILES string of the molecule is CCC(C)C(C(CC(=O)N1CCCC1C(OC)C(C)C(=O)NCC(=O)NCCOCCN1C(=O)C=CC1=O)OC)N(C)C(=O)CN=C(N(C)C)N(C)C. The number of hydrogen-bond donors (Lipinski definition) is 2. The summed E-state index contributed by atoms with van der Waals surface area (Å²) in [6, 6.07) is -0.755. The molecule has 0 spiro atoms. The highest BCUT2D eigenvalue weighted by Gasteiger charge is 2.42. The van der Waals surface area contributed by atoms with E-state index in [9.17, 15) is 28.8 Å². The van der Waals surface area contributed by atoms with Crippen LogP contribution in [0.4, 0.5) is 0 Å². The Morgan fingerprint density at radius 3 is 2.17 bits per heavy atom. The van der Waals surface area contributed by atoms with E-state index in [1.54, 1.807) is 30.9 Å². The van der Waals surface area contributed by atoms with Crippen LogP contribution in [0.15, 0.2) is 17.1 Å². The van der Waals surface area contributed by atoms with Crippen LogP contribution >= 0.6 is 0 Å². The number of aliphatic imine (C=N–C) groups is 1. The van der Waals surface area contributed by atoms with Gasteiger partial charge in [0.15, 0.2) is 5.96 Å². The number of imide groups is 1. The number of carbonyl (C=O) groups is 6. The summed E-state index contributed by atoms with van der Waals surface area (Å²) < 4.78 is 17.1. The number of likely N-dealkylation sites (tertiary alicyclic amines) is 1. The smallest absolute Gasteiger partial charge is 0.253 e. The van der Waals surface area contributed by atoms with Crippen molar-refractivity contribution in [2.75, 3.05) is 95.4 Å². The van der Waals surface area contributed by atoms with E-state index >= 15 is 0 Å². The molecular weight excluding hydrogens is 688 g/mol. The van der Waals surface area contributed by atoms with Gasteiger partial charge in [-0.25, -0.2) is 4.99 Å². The van der Waals surface area contributed by atoms with Gasteiger partial charge in [-0.05, 0) is 18.8 Å². The number of ether oxygens (including phenoxy) is 3. The first-order valence-corrected chi connectivity index (χ1v) is 18.2. The van der Waals surface area contributed by atoms with Gasteiger partial charge in [-0.3, -0.25) is 33.7 Å². The van der Waals surface area contributed by atoms with Crippen molar-refractivity contribution in [1.82, 2.24) is 35.1 Å². The predicted molar refractivity (Wildman–Crippen MR) is 198 cm³/mol. The number of nitrogens with zero attached hydrogens (tertiary/aromatic N) is 6. The van der Waals surface area contributed by atoms with Crippen molar-refractivity contribution in [1.29, 1.82) is 0 Å². The molecule has 2 heterocycles. The molecule has 6 amide bonds. The zero-order chi connectivity index (χ0) is 39.8. The van der Waals surface area contributed by atoms with E-state index in [1.807, 2.05) is 51.8 Å². The minimum absolute atomic E-state index is 0.0267. The summed E-state index contributed by atoms with van der Waals surface area (Å²) in [5, 5.41) is 5.31. The maximum absolute atomic E-state index is 13.9. The molecule has 1 fully saturated rings. The van der Waals surface area contributed by atoms with Gasteiger partial charge in [0.05, 0.1) is 62.9 Å². The van der Waals surface area contributed by atoms with Crippen LogP contribution in [0, 0.1) is 11.8 Å². The Hall–Kier alpha value is -4.09. The Labute approximate surface area is 314 Å². The molecule has 17 heteroatoms. The van der Waals surface area contributed by atoms with Gasteiger partial charge >= 0.3 is 0 Å². The predicted octanol–water partition coefficient (Wildman–Crippen LogP) is -0.440. The minimum Gasteiger partial charge on any atom is -0.379 e. The van der Waals surface area contributed by atoms with Crippen molar-refractivity contribution < 1.29 is 43.0 Å². The van der Waals surface area contributed by atoms with Gasteiger partial charge < -0.3 is 44.4 Å². The van der Waals surface area contributed by atoms with E-state index in [1.165, 1.54) is 19.3 Å². The Balaban J connectivity index is 1.96. The molecule has 2 rings (SSSR count). The Morgan fingerprint density at radius 1 is 0.962 bits per heavy atom. The lowest BCUT2D eigenvalue weighted by Crippen LogP contribution is -2.53. The van der Waals surface area contributed by atoms with Crippen molar-refractivity contribution >= 4 is 41.4 Å². The number of guanidine groups is 1. The molecule has 0 aliphatic carbocycles. The lowest BCUT2D eigenvalue weighted by atomic mass is 9.90. The second-order valence-corrected chi connectivity index (χ2v) is 13.9. The molecular formula is C36H62N8O9. The molecule has 0 aromatic heterocycles. The molecule has 17 nitrogen and oxygen atoms in total. The van der Waals surface area contributed by atoms with Crippen LogP contribution in [0.2, 0.25) is 0 Å². The van der Waals surface area contributed by atoms with Gasteiger partial charge in [-0.2, -0.15) is 0 Å². The van der Waals surface area contributed by atoms with Crippen molar-refractivity contribution in [3.63, 3.8) is 0 Å². The highest BCUT2D eigenvalue weighted by Crippen LogP contribution is 2.29. The van der Waals surface area contributed by atoms with Crippen LogP contribution in [-0.2, 0) is 43.0 Å². The first-order valence-electron chi connectivity index (χ1n) is 18.2. The first-order chi connectivity index (χ1) is 25.1. The molecule has 300 valence electrons. The molecule has 53 heavy (non-hydrogen) atoms. The van der Waals surface area contributed by atoms with Crippen LogP contribution < -0.4 is 10.6 Å². The fourth-order valence-electron chi connectivity index (χ4n) is 6.82. The Morgan fingerprint density at radius 2 is 1.60 bits per heavy atom. The molecule has 1 saturated heterocycles. The minimum atomic E-state index is -0.676. The molecule has 0 radical (unpaired) electrons. The van der Waals surface area contributed by atoms with E-state index in [0.717, 1.165) is 17.7 Å². The number of amides is 6. The third kappa shape index (κ3) is 13.1. The third-order valence-electron chi connectivity index (χ3n) is 9.81. The van der Waals surface area contributed by atoms with Crippen molar-refractivity contribution in [2.45, 2.75) is 70.7 Å². The van der Waals surface area contributed by atoms with Crippen LogP contribution in [0.1, 0.15) is 46.5 Å². The summed E-state index contributed by atoms with van der Waals surface area (Å²) in [6.45, 7) is 6.56. The maximum Gasteiger partial charge on any atom is 0.253 e. The molecule has 0 aromatic carbocycles. The molecule has 0 aromatic rings. The molecule has 6 atom stereocenters. The van der Waals surface area contributed by atoms with Crippen LogP contribution in [-0.4, -0.2) is 186 Å². The zero-order valence-corrected chi connectivity index (χ0v) is 33.3. The molecule has 2 aliphatic rings. The molecule has 0 bridgehead atoms. The quantitative estimate of drug-likeness (QED) is 0.0672. The largest absolute Gasteiger partial charge is 0.379 e. The van der Waals surface area contributed by atoms with Crippen LogP contribution in [0.3, 0.4) is 0 Å². The first kappa shape index (κ1) is 45.1. The lowest BCUT2D eigenvalue weighted by molar-refractivity contribution is -0.145. The average molecular weight is 751 g/mol. The summed E-state index contributed by atoms with van der Waals surface area (Å²) in [5.41, 5.74) is 0. The summed E-state index contributed by atoms with van der Waals surface area (Å²) in [6.07, 6.45) is 3.38. The standard InChI is InChI=1S/C36H62N8O9/c1-11-24(2)33(42(8)32(49)23-39-36(40(4)5)41(6)7)27(51-9)21-31(48)43-17-12-13-26(43)34(52-10)25(3)35(50)38-22-28(45)37-16-19-53-20-18-44-29(46)14-15-30(44)47/h14-15,24-27,33-34H,11-13,16-23H2,1-10H3,(H,37,45)(H,38,50). The molecule has 2 aliphatic heterocycles.